The average molecular weight is 294 g/mol. The van der Waals surface area contributed by atoms with Crippen LogP contribution in [-0.4, -0.2) is 34.2 Å². The Bertz CT molecular complexity index is 462. The molecule has 4 N–H and O–H groups in total. The molecule has 0 aliphatic carbocycles. The van der Waals surface area contributed by atoms with Gasteiger partial charge < -0.3 is 10.2 Å². The highest BCUT2D eigenvalue weighted by Crippen LogP contribution is 2.06. The van der Waals surface area contributed by atoms with Crippen molar-refractivity contribution in [2.75, 3.05) is 0 Å². The lowest BCUT2D eigenvalue weighted by molar-refractivity contribution is -0.143. The van der Waals surface area contributed by atoms with Crippen LogP contribution in [0.5, 0.6) is 0 Å². The summed E-state index contributed by atoms with van der Waals surface area (Å²) in [5.74, 6) is -1.84. The van der Waals surface area contributed by atoms with Crippen LogP contribution < -0.4 is 10.9 Å². The summed E-state index contributed by atoms with van der Waals surface area (Å²) in [5.41, 5.74) is 6.12. The quantitative estimate of drug-likeness (QED) is 0.512. The van der Waals surface area contributed by atoms with Crippen LogP contribution in [0.3, 0.4) is 0 Å². The summed E-state index contributed by atoms with van der Waals surface area (Å²) in [7, 11) is 0. The normalized spacial score (nSPS) is 13.9. The smallest absolute Gasteiger partial charge is 0.322 e. The molecule has 6 heteroatoms. The molecule has 0 spiro atoms. The maximum Gasteiger partial charge on any atom is 0.322 e. The number of rotatable bonds is 9. The summed E-state index contributed by atoms with van der Waals surface area (Å²) in [5, 5.41) is 18.3. The molecule has 6 nitrogen and oxygen atoms in total. The Morgan fingerprint density at radius 1 is 1.00 bits per heavy atom. The van der Waals surface area contributed by atoms with E-state index in [4.69, 9.17) is 5.11 Å². The summed E-state index contributed by atoms with van der Waals surface area (Å²) >= 11 is 0. The van der Waals surface area contributed by atoms with Crippen LogP contribution in [0.2, 0.25) is 0 Å². The first-order valence-electron chi connectivity index (χ1n) is 6.90. The predicted octanol–water partition coefficient (Wildman–Crippen LogP) is 1.28. The van der Waals surface area contributed by atoms with Crippen molar-refractivity contribution in [3.8, 4) is 0 Å². The Labute approximate surface area is 124 Å². The summed E-state index contributed by atoms with van der Waals surface area (Å²) < 4.78 is 0. The van der Waals surface area contributed by atoms with E-state index in [-0.39, 0.29) is 12.3 Å². The molecule has 0 aliphatic rings. The largest absolute Gasteiger partial charge is 0.480 e. The van der Waals surface area contributed by atoms with E-state index in [1.165, 1.54) is 0 Å². The Balaban J connectivity index is 2.61. The lowest BCUT2D eigenvalue weighted by Crippen LogP contribution is -2.53. The molecule has 116 valence electrons. The van der Waals surface area contributed by atoms with Crippen molar-refractivity contribution in [2.24, 2.45) is 5.92 Å². The van der Waals surface area contributed by atoms with Gasteiger partial charge in [-0.25, -0.2) is 10.9 Å². The molecule has 21 heavy (non-hydrogen) atoms. The van der Waals surface area contributed by atoms with Crippen molar-refractivity contribution in [1.82, 2.24) is 10.9 Å². The molecule has 1 rings (SSSR count). The van der Waals surface area contributed by atoms with E-state index in [0.29, 0.717) is 6.42 Å². The fourth-order valence-corrected chi connectivity index (χ4v) is 1.94. The van der Waals surface area contributed by atoms with Gasteiger partial charge in [-0.2, -0.15) is 0 Å². The van der Waals surface area contributed by atoms with Crippen molar-refractivity contribution < 1.29 is 19.8 Å². The highest BCUT2D eigenvalue weighted by atomic mass is 16.4. The van der Waals surface area contributed by atoms with E-state index < -0.39 is 24.0 Å². The minimum absolute atomic E-state index is 0.192. The second kappa shape index (κ2) is 8.39. The lowest BCUT2D eigenvalue weighted by Gasteiger charge is -2.21. The van der Waals surface area contributed by atoms with Crippen LogP contribution in [0.15, 0.2) is 30.3 Å². The number of aliphatic carboxylic acids is 2. The molecule has 0 bridgehead atoms. The Morgan fingerprint density at radius 2 is 1.52 bits per heavy atom. The molecule has 1 aromatic rings. The Hall–Kier alpha value is -1.92. The van der Waals surface area contributed by atoms with Crippen LogP contribution in [-0.2, 0) is 16.0 Å². The molecule has 1 aromatic carbocycles. The first-order chi connectivity index (χ1) is 9.90. The summed E-state index contributed by atoms with van der Waals surface area (Å²) in [6.07, 6.45) is 0.692. The number of carboxylic acids is 2. The first kappa shape index (κ1) is 17.1. The third-order valence-electron chi connectivity index (χ3n) is 3.02. The Morgan fingerprint density at radius 3 is 2.00 bits per heavy atom. The van der Waals surface area contributed by atoms with Crippen LogP contribution >= 0.6 is 0 Å². The van der Waals surface area contributed by atoms with Crippen molar-refractivity contribution >= 4 is 11.9 Å². The number of hydrogen-bond acceptors (Lipinski definition) is 4. The predicted molar refractivity (Wildman–Crippen MR) is 78.7 cm³/mol. The van der Waals surface area contributed by atoms with Gasteiger partial charge >= 0.3 is 11.9 Å². The monoisotopic (exact) mass is 294 g/mol. The van der Waals surface area contributed by atoms with Gasteiger partial charge in [-0.15, -0.1) is 0 Å². The topological polar surface area (TPSA) is 98.7 Å². The van der Waals surface area contributed by atoms with Gasteiger partial charge in [-0.1, -0.05) is 44.2 Å². The van der Waals surface area contributed by atoms with Crippen LogP contribution in [0.25, 0.3) is 0 Å². The molecule has 0 unspecified atom stereocenters. The zero-order chi connectivity index (χ0) is 15.8. The SMILES string of the molecule is CC(C)C[C@@H](NN[C@@H](Cc1ccccc1)C(=O)O)C(=O)O. The van der Waals surface area contributed by atoms with E-state index in [2.05, 4.69) is 10.9 Å². The van der Waals surface area contributed by atoms with E-state index >= 15 is 0 Å². The molecule has 0 heterocycles. The molecule has 0 saturated heterocycles. The second-order valence-corrected chi connectivity index (χ2v) is 5.39. The maximum atomic E-state index is 11.3. The molecule has 0 radical (unpaired) electrons. The fourth-order valence-electron chi connectivity index (χ4n) is 1.94. The maximum absolute atomic E-state index is 11.3. The summed E-state index contributed by atoms with van der Waals surface area (Å²) in [6.45, 7) is 3.83. The minimum atomic E-state index is -1.03. The highest BCUT2D eigenvalue weighted by Gasteiger charge is 2.23. The molecular weight excluding hydrogens is 272 g/mol. The standard InChI is InChI=1S/C15H22N2O4/c1-10(2)8-12(14(18)19)16-17-13(15(20)21)9-11-6-4-3-5-7-11/h3-7,10,12-13,16-17H,8-9H2,1-2H3,(H,18,19)(H,20,21)/t12-,13+/m1/s1. The van der Waals surface area contributed by atoms with Crippen molar-refractivity contribution in [1.29, 1.82) is 0 Å². The molecule has 0 aromatic heterocycles. The van der Waals surface area contributed by atoms with Gasteiger partial charge in [0, 0.05) is 0 Å². The van der Waals surface area contributed by atoms with Crippen molar-refractivity contribution in [2.45, 2.75) is 38.8 Å². The van der Waals surface area contributed by atoms with Gasteiger partial charge in [0.25, 0.3) is 0 Å². The van der Waals surface area contributed by atoms with Crippen molar-refractivity contribution in [3.05, 3.63) is 35.9 Å². The summed E-state index contributed by atoms with van der Waals surface area (Å²) in [6, 6.07) is 7.49. The molecule has 2 atom stereocenters. The zero-order valence-corrected chi connectivity index (χ0v) is 12.2. The van der Waals surface area contributed by atoms with Crippen LogP contribution in [0.4, 0.5) is 0 Å². The van der Waals surface area contributed by atoms with Gasteiger partial charge in [0.15, 0.2) is 0 Å². The number of carboxylic acid groups (broad SMARTS) is 2. The van der Waals surface area contributed by atoms with E-state index in [9.17, 15) is 14.7 Å². The van der Waals surface area contributed by atoms with Gasteiger partial charge in [0.05, 0.1) is 0 Å². The summed E-state index contributed by atoms with van der Waals surface area (Å²) in [4.78, 5) is 22.4. The molecule has 0 aliphatic heterocycles. The van der Waals surface area contributed by atoms with Gasteiger partial charge in [-0.05, 0) is 24.3 Å². The molecule has 0 amide bonds. The number of nitrogens with one attached hydrogen (secondary N) is 2. The number of hydrogen-bond donors (Lipinski definition) is 4. The number of carbonyl (C=O) groups is 2. The second-order valence-electron chi connectivity index (χ2n) is 5.39. The molecule has 0 saturated carbocycles. The number of hydrazine groups is 1. The van der Waals surface area contributed by atoms with Gasteiger partial charge in [0.1, 0.15) is 12.1 Å². The molecular formula is C15H22N2O4. The third-order valence-corrected chi connectivity index (χ3v) is 3.02. The highest BCUT2D eigenvalue weighted by molar-refractivity contribution is 5.75. The lowest BCUT2D eigenvalue weighted by atomic mass is 10.0. The van der Waals surface area contributed by atoms with Crippen molar-refractivity contribution in [3.63, 3.8) is 0 Å². The van der Waals surface area contributed by atoms with Crippen LogP contribution in [0, 0.1) is 5.92 Å². The van der Waals surface area contributed by atoms with Gasteiger partial charge in [-0.3, -0.25) is 9.59 Å². The molecule has 0 fully saturated rings. The third kappa shape index (κ3) is 6.37. The fraction of sp³-hybridized carbons (Fsp3) is 0.467. The Kier molecular flexibility index (Phi) is 6.84. The van der Waals surface area contributed by atoms with Gasteiger partial charge in [0.2, 0.25) is 0 Å². The number of benzene rings is 1. The van der Waals surface area contributed by atoms with E-state index in [1.807, 2.05) is 44.2 Å². The first-order valence-corrected chi connectivity index (χ1v) is 6.90. The average Bonchev–Trinajstić information content (AvgIpc) is 2.42. The van der Waals surface area contributed by atoms with E-state index in [1.54, 1.807) is 0 Å². The van der Waals surface area contributed by atoms with E-state index in [0.717, 1.165) is 5.56 Å². The van der Waals surface area contributed by atoms with Crippen LogP contribution in [0.1, 0.15) is 25.8 Å². The zero-order valence-electron chi connectivity index (χ0n) is 12.2. The minimum Gasteiger partial charge on any atom is -0.480 e.